The molecule has 2 atom stereocenters. The quantitative estimate of drug-likeness (QED) is 0.673. The zero-order valence-electron chi connectivity index (χ0n) is 11.4. The highest BCUT2D eigenvalue weighted by molar-refractivity contribution is 5.94. The van der Waals surface area contributed by atoms with Crippen LogP contribution in [0.4, 0.5) is 11.5 Å². The molecule has 0 radical (unpaired) electrons. The first-order chi connectivity index (χ1) is 9.40. The number of aromatic nitrogens is 1. The molecule has 0 saturated carbocycles. The minimum absolute atomic E-state index is 0.111. The summed E-state index contributed by atoms with van der Waals surface area (Å²) in [6.45, 7) is 4.83. The van der Waals surface area contributed by atoms with Crippen LogP contribution in [0.3, 0.4) is 0 Å². The summed E-state index contributed by atoms with van der Waals surface area (Å²) in [4.78, 5) is 27.4. The van der Waals surface area contributed by atoms with Crippen LogP contribution in [-0.2, 0) is 0 Å². The first-order valence-corrected chi connectivity index (χ1v) is 6.54. The molecule has 1 N–H and O–H groups in total. The summed E-state index contributed by atoms with van der Waals surface area (Å²) >= 11 is 0. The van der Waals surface area contributed by atoms with Crippen LogP contribution in [0.2, 0.25) is 0 Å². The van der Waals surface area contributed by atoms with Gasteiger partial charge in [-0.1, -0.05) is 6.92 Å². The van der Waals surface area contributed by atoms with Crippen LogP contribution in [0.25, 0.3) is 0 Å². The second-order valence-corrected chi connectivity index (χ2v) is 5.31. The molecule has 1 aliphatic rings. The van der Waals surface area contributed by atoms with E-state index in [-0.39, 0.29) is 17.3 Å². The lowest BCUT2D eigenvalue weighted by Gasteiger charge is -2.38. The molecule has 1 fully saturated rings. The van der Waals surface area contributed by atoms with Gasteiger partial charge in [0.2, 0.25) is 0 Å². The lowest BCUT2D eigenvalue weighted by molar-refractivity contribution is -0.385. The molecule has 1 aliphatic heterocycles. The molecule has 7 heteroatoms. The first kappa shape index (κ1) is 14.2. The van der Waals surface area contributed by atoms with Crippen molar-refractivity contribution < 1.29 is 14.8 Å². The largest absolute Gasteiger partial charge is 0.478 e. The van der Waals surface area contributed by atoms with Crippen molar-refractivity contribution in [2.45, 2.75) is 32.7 Å². The fraction of sp³-hybridized carbons (Fsp3) is 0.538. The Balaban J connectivity index is 2.44. The highest BCUT2D eigenvalue weighted by atomic mass is 16.6. The van der Waals surface area contributed by atoms with Gasteiger partial charge in [0, 0.05) is 18.7 Å². The van der Waals surface area contributed by atoms with Crippen LogP contribution < -0.4 is 4.90 Å². The van der Waals surface area contributed by atoms with E-state index in [1.54, 1.807) is 0 Å². The van der Waals surface area contributed by atoms with E-state index in [4.69, 9.17) is 0 Å². The van der Waals surface area contributed by atoms with Gasteiger partial charge in [0.15, 0.2) is 0 Å². The lowest BCUT2D eigenvalue weighted by Crippen LogP contribution is -2.42. The number of anilines is 1. The number of pyridine rings is 1. The van der Waals surface area contributed by atoms with Gasteiger partial charge in [-0.2, -0.15) is 0 Å². The number of nitrogens with zero attached hydrogens (tertiary/aromatic N) is 3. The highest BCUT2D eigenvalue weighted by Gasteiger charge is 2.28. The van der Waals surface area contributed by atoms with E-state index in [9.17, 15) is 20.0 Å². The highest BCUT2D eigenvalue weighted by Crippen LogP contribution is 2.30. The molecule has 108 valence electrons. The monoisotopic (exact) mass is 279 g/mol. The molecule has 1 aromatic rings. The zero-order valence-corrected chi connectivity index (χ0v) is 11.4. The summed E-state index contributed by atoms with van der Waals surface area (Å²) < 4.78 is 0. The van der Waals surface area contributed by atoms with Crippen molar-refractivity contribution in [2.24, 2.45) is 5.92 Å². The first-order valence-electron chi connectivity index (χ1n) is 6.54. The average molecular weight is 279 g/mol. The van der Waals surface area contributed by atoms with Gasteiger partial charge in [0.1, 0.15) is 17.6 Å². The van der Waals surface area contributed by atoms with Crippen LogP contribution >= 0.6 is 0 Å². The normalized spacial score (nSPS) is 22.6. The van der Waals surface area contributed by atoms with E-state index in [0.29, 0.717) is 18.3 Å². The molecule has 20 heavy (non-hydrogen) atoms. The molecule has 2 heterocycles. The summed E-state index contributed by atoms with van der Waals surface area (Å²) in [5.74, 6) is -0.423. The van der Waals surface area contributed by atoms with Gasteiger partial charge in [-0.3, -0.25) is 10.1 Å². The smallest absolute Gasteiger partial charge is 0.339 e. The molecule has 2 rings (SSSR count). The van der Waals surface area contributed by atoms with Crippen molar-refractivity contribution in [1.29, 1.82) is 0 Å². The van der Waals surface area contributed by atoms with E-state index in [1.165, 1.54) is 0 Å². The third-order valence-corrected chi connectivity index (χ3v) is 3.68. The molecule has 0 aromatic carbocycles. The molecular weight excluding hydrogens is 262 g/mol. The van der Waals surface area contributed by atoms with Crippen LogP contribution in [0.5, 0.6) is 0 Å². The van der Waals surface area contributed by atoms with Gasteiger partial charge in [0.05, 0.1) is 4.92 Å². The topological polar surface area (TPSA) is 96.6 Å². The standard InChI is InChI=1S/C13H17N3O4/c1-8-3-4-9(2)15(7-8)12-11(13(17)18)5-10(6-14-12)16(19)20/h5-6,8-9H,3-4,7H2,1-2H3,(H,17,18). The minimum Gasteiger partial charge on any atom is -0.478 e. The maximum atomic E-state index is 11.3. The number of nitro groups is 1. The molecule has 0 spiro atoms. The maximum absolute atomic E-state index is 11.3. The van der Waals surface area contributed by atoms with E-state index < -0.39 is 10.9 Å². The number of piperidine rings is 1. The molecule has 0 bridgehead atoms. The molecular formula is C13H17N3O4. The van der Waals surface area contributed by atoms with Crippen molar-refractivity contribution >= 4 is 17.5 Å². The molecule has 2 unspecified atom stereocenters. The number of carboxylic acid groups (broad SMARTS) is 1. The Kier molecular flexibility index (Phi) is 3.87. The molecule has 7 nitrogen and oxygen atoms in total. The Morgan fingerprint density at radius 1 is 1.50 bits per heavy atom. The fourth-order valence-electron chi connectivity index (χ4n) is 2.52. The van der Waals surface area contributed by atoms with Gasteiger partial charge < -0.3 is 10.0 Å². The number of carboxylic acids is 1. The van der Waals surface area contributed by atoms with Crippen molar-refractivity contribution in [3.05, 3.63) is 27.9 Å². The van der Waals surface area contributed by atoms with Crippen LogP contribution in [-0.4, -0.2) is 33.6 Å². The molecule has 0 aliphatic carbocycles. The number of hydrogen-bond acceptors (Lipinski definition) is 5. The van der Waals surface area contributed by atoms with Gasteiger partial charge >= 0.3 is 5.97 Å². The Morgan fingerprint density at radius 3 is 2.80 bits per heavy atom. The van der Waals surface area contributed by atoms with Gasteiger partial charge in [0.25, 0.3) is 5.69 Å². The number of hydrogen-bond donors (Lipinski definition) is 1. The lowest BCUT2D eigenvalue weighted by atomic mass is 9.94. The summed E-state index contributed by atoms with van der Waals surface area (Å²) in [5.41, 5.74) is -0.413. The van der Waals surface area contributed by atoms with Gasteiger partial charge in [-0.25, -0.2) is 9.78 Å². The Hall–Kier alpha value is -2.18. The second kappa shape index (κ2) is 5.44. The van der Waals surface area contributed by atoms with Crippen LogP contribution in [0.15, 0.2) is 12.3 Å². The number of aromatic carboxylic acids is 1. The van der Waals surface area contributed by atoms with Crippen molar-refractivity contribution in [3.63, 3.8) is 0 Å². The van der Waals surface area contributed by atoms with Crippen molar-refractivity contribution in [3.8, 4) is 0 Å². The molecule has 1 aromatic heterocycles. The van der Waals surface area contributed by atoms with Crippen LogP contribution in [0, 0.1) is 16.0 Å². The Morgan fingerprint density at radius 2 is 2.20 bits per heavy atom. The zero-order chi connectivity index (χ0) is 14.9. The van der Waals surface area contributed by atoms with Crippen molar-refractivity contribution in [2.75, 3.05) is 11.4 Å². The minimum atomic E-state index is -1.19. The Bertz CT molecular complexity index is 546. The SMILES string of the molecule is CC1CCC(C)N(c2ncc([N+](=O)[O-])cc2C(=O)O)C1. The summed E-state index contributed by atoms with van der Waals surface area (Å²) in [7, 11) is 0. The van der Waals surface area contributed by atoms with E-state index in [2.05, 4.69) is 11.9 Å². The summed E-state index contributed by atoms with van der Waals surface area (Å²) in [6, 6.07) is 1.26. The summed E-state index contributed by atoms with van der Waals surface area (Å²) in [5, 5.41) is 20.0. The second-order valence-electron chi connectivity index (χ2n) is 5.31. The Labute approximate surface area is 116 Å². The van der Waals surface area contributed by atoms with Gasteiger partial charge in [-0.15, -0.1) is 0 Å². The average Bonchev–Trinajstić information content (AvgIpc) is 2.40. The third kappa shape index (κ3) is 2.71. The van der Waals surface area contributed by atoms with Crippen molar-refractivity contribution in [1.82, 2.24) is 4.98 Å². The molecule has 1 saturated heterocycles. The van der Waals surface area contributed by atoms with Gasteiger partial charge in [-0.05, 0) is 25.7 Å². The molecule has 0 amide bonds. The maximum Gasteiger partial charge on any atom is 0.339 e. The number of rotatable bonds is 3. The van der Waals surface area contributed by atoms with E-state index in [1.807, 2.05) is 11.8 Å². The fourth-order valence-corrected chi connectivity index (χ4v) is 2.52. The third-order valence-electron chi connectivity index (χ3n) is 3.68. The summed E-state index contributed by atoms with van der Waals surface area (Å²) in [6.07, 6.45) is 3.17. The predicted octanol–water partition coefficient (Wildman–Crippen LogP) is 2.31. The number of carbonyl (C=O) groups is 1. The predicted molar refractivity (Wildman–Crippen MR) is 73.1 cm³/mol. The van der Waals surface area contributed by atoms with Crippen LogP contribution in [0.1, 0.15) is 37.0 Å². The van der Waals surface area contributed by atoms with E-state index in [0.717, 1.165) is 25.1 Å². The van der Waals surface area contributed by atoms with E-state index >= 15 is 0 Å².